The van der Waals surface area contributed by atoms with E-state index in [1.54, 1.807) is 37.3 Å². The summed E-state index contributed by atoms with van der Waals surface area (Å²) in [5.41, 5.74) is -0.267. The minimum Gasteiger partial charge on any atom is -0.506 e. The van der Waals surface area contributed by atoms with Crippen LogP contribution >= 0.6 is 0 Å². The van der Waals surface area contributed by atoms with Crippen LogP contribution in [-0.4, -0.2) is 35.6 Å². The highest BCUT2D eigenvalue weighted by Crippen LogP contribution is 2.23. The predicted octanol–water partition coefficient (Wildman–Crippen LogP) is 3.60. The fourth-order valence-corrected chi connectivity index (χ4v) is 2.33. The molecule has 0 radical (unpaired) electrons. The van der Waals surface area contributed by atoms with Crippen molar-refractivity contribution >= 4 is 17.9 Å². The molecule has 27 heavy (non-hydrogen) atoms. The van der Waals surface area contributed by atoms with E-state index in [0.717, 1.165) is 18.3 Å². The van der Waals surface area contributed by atoms with Gasteiger partial charge >= 0.3 is 5.97 Å². The van der Waals surface area contributed by atoms with E-state index in [0.29, 0.717) is 5.56 Å². The van der Waals surface area contributed by atoms with Crippen molar-refractivity contribution < 1.29 is 28.5 Å². The normalized spacial score (nSPS) is 13.3. The maximum atomic E-state index is 14.0. The molecule has 5 nitrogen and oxygen atoms in total. The molecule has 0 aliphatic heterocycles. The van der Waals surface area contributed by atoms with E-state index in [4.69, 9.17) is 4.74 Å². The second-order valence-electron chi connectivity index (χ2n) is 5.47. The zero-order valence-electron chi connectivity index (χ0n) is 14.6. The summed E-state index contributed by atoms with van der Waals surface area (Å²) < 4.78 is 32.3. The van der Waals surface area contributed by atoms with Crippen molar-refractivity contribution in [3.8, 4) is 0 Å². The molecule has 2 aromatic carbocycles. The van der Waals surface area contributed by atoms with Gasteiger partial charge in [0.15, 0.2) is 11.6 Å². The van der Waals surface area contributed by atoms with Crippen LogP contribution in [0.5, 0.6) is 0 Å². The molecule has 0 aliphatic carbocycles. The van der Waals surface area contributed by atoms with Gasteiger partial charge in [-0.3, -0.25) is 4.99 Å². The number of carbonyl (C=O) groups is 1. The number of aliphatic hydroxyl groups excluding tert-OH is 2. The molecular weight excluding hydrogens is 356 g/mol. The lowest BCUT2D eigenvalue weighted by Gasteiger charge is -2.11. The van der Waals surface area contributed by atoms with Gasteiger partial charge in [-0.15, -0.1) is 0 Å². The summed E-state index contributed by atoms with van der Waals surface area (Å²) in [6, 6.07) is 11.3. The number of benzene rings is 2. The molecule has 2 aromatic rings. The standard InChI is InChI=1S/C20H19F2NO4/c1-2-27-20(26)15(19(25)14-9-6-10-16(21)18(14)22)11-23-17(12-24)13-7-4-3-5-8-13/h3-11,17,24-25H,2,12H2,1H3/b19-15-,23-11?. The first-order chi connectivity index (χ1) is 13.0. The van der Waals surface area contributed by atoms with Crippen LogP contribution < -0.4 is 0 Å². The Morgan fingerprint density at radius 1 is 1.19 bits per heavy atom. The number of rotatable bonds is 7. The Morgan fingerprint density at radius 3 is 2.52 bits per heavy atom. The molecule has 0 spiro atoms. The number of ether oxygens (including phenoxy) is 1. The Kier molecular flexibility index (Phi) is 7.19. The number of carbonyl (C=O) groups excluding carboxylic acids is 1. The summed E-state index contributed by atoms with van der Waals surface area (Å²) in [5.74, 6) is -4.23. The summed E-state index contributed by atoms with van der Waals surface area (Å²) in [5, 5.41) is 19.9. The Hall–Kier alpha value is -3.06. The highest BCUT2D eigenvalue weighted by molar-refractivity contribution is 6.15. The van der Waals surface area contributed by atoms with Crippen LogP contribution in [0, 0.1) is 11.6 Å². The van der Waals surface area contributed by atoms with Gasteiger partial charge in [-0.25, -0.2) is 13.6 Å². The molecule has 0 heterocycles. The second-order valence-corrected chi connectivity index (χ2v) is 5.47. The SMILES string of the molecule is CCOC(=O)/C(C=NC(CO)c1ccccc1)=C(\O)c1cccc(F)c1F. The number of nitrogens with zero attached hydrogens (tertiary/aromatic N) is 1. The number of halogens is 2. The van der Waals surface area contributed by atoms with Gasteiger partial charge in [0.25, 0.3) is 0 Å². The van der Waals surface area contributed by atoms with Gasteiger partial charge in [0.2, 0.25) is 0 Å². The summed E-state index contributed by atoms with van der Waals surface area (Å²) in [6.07, 6.45) is 0.992. The van der Waals surface area contributed by atoms with Crippen molar-refractivity contribution in [3.05, 3.63) is 76.9 Å². The quantitative estimate of drug-likeness (QED) is 0.335. The van der Waals surface area contributed by atoms with E-state index >= 15 is 0 Å². The van der Waals surface area contributed by atoms with Gasteiger partial charge in [-0.05, 0) is 24.6 Å². The lowest BCUT2D eigenvalue weighted by atomic mass is 10.1. The smallest absolute Gasteiger partial charge is 0.343 e. The third-order valence-corrected chi connectivity index (χ3v) is 3.70. The van der Waals surface area contributed by atoms with E-state index < -0.39 is 40.5 Å². The fourth-order valence-electron chi connectivity index (χ4n) is 2.33. The lowest BCUT2D eigenvalue weighted by Crippen LogP contribution is -2.13. The van der Waals surface area contributed by atoms with Crippen LogP contribution in [0.3, 0.4) is 0 Å². The van der Waals surface area contributed by atoms with Crippen molar-refractivity contribution in [2.24, 2.45) is 4.99 Å². The molecule has 0 fully saturated rings. The Bertz CT molecular complexity index is 850. The van der Waals surface area contributed by atoms with E-state index in [9.17, 15) is 23.8 Å². The number of hydrogen-bond donors (Lipinski definition) is 2. The topological polar surface area (TPSA) is 79.1 Å². The van der Waals surface area contributed by atoms with Crippen molar-refractivity contribution in [2.45, 2.75) is 13.0 Å². The van der Waals surface area contributed by atoms with E-state index in [1.165, 1.54) is 6.07 Å². The Labute approximate surface area is 155 Å². The molecule has 2 rings (SSSR count). The fraction of sp³-hybridized carbons (Fsp3) is 0.200. The van der Waals surface area contributed by atoms with Crippen LogP contribution in [0.1, 0.15) is 24.1 Å². The summed E-state index contributed by atoms with van der Waals surface area (Å²) in [7, 11) is 0. The zero-order valence-corrected chi connectivity index (χ0v) is 14.6. The van der Waals surface area contributed by atoms with Crippen LogP contribution in [0.4, 0.5) is 8.78 Å². The third-order valence-electron chi connectivity index (χ3n) is 3.70. The number of hydrogen-bond acceptors (Lipinski definition) is 5. The van der Waals surface area contributed by atoms with Gasteiger partial charge in [-0.2, -0.15) is 0 Å². The first-order valence-corrected chi connectivity index (χ1v) is 8.23. The number of aliphatic imine (C=N–C) groups is 1. The van der Waals surface area contributed by atoms with Crippen molar-refractivity contribution in [1.29, 1.82) is 0 Å². The minimum atomic E-state index is -1.30. The molecule has 2 N–H and O–H groups in total. The molecule has 142 valence electrons. The van der Waals surface area contributed by atoms with E-state index in [2.05, 4.69) is 4.99 Å². The Balaban J connectivity index is 2.48. The maximum absolute atomic E-state index is 14.0. The van der Waals surface area contributed by atoms with Gasteiger partial charge in [0, 0.05) is 6.21 Å². The van der Waals surface area contributed by atoms with Crippen molar-refractivity contribution in [2.75, 3.05) is 13.2 Å². The van der Waals surface area contributed by atoms with E-state index in [1.807, 2.05) is 0 Å². The van der Waals surface area contributed by atoms with Gasteiger partial charge in [-0.1, -0.05) is 36.4 Å². The molecule has 0 aromatic heterocycles. The molecule has 0 aliphatic rings. The largest absolute Gasteiger partial charge is 0.506 e. The average Bonchev–Trinajstić information content (AvgIpc) is 2.68. The zero-order chi connectivity index (χ0) is 19.8. The molecule has 1 unspecified atom stereocenters. The van der Waals surface area contributed by atoms with Crippen LogP contribution in [0.15, 0.2) is 59.1 Å². The van der Waals surface area contributed by atoms with Crippen LogP contribution in [0.25, 0.3) is 5.76 Å². The molecule has 1 atom stereocenters. The van der Waals surface area contributed by atoms with Crippen molar-refractivity contribution in [1.82, 2.24) is 0 Å². The molecular formula is C20H19F2NO4. The summed E-state index contributed by atoms with van der Waals surface area (Å²) >= 11 is 0. The molecule has 0 saturated heterocycles. The summed E-state index contributed by atoms with van der Waals surface area (Å²) in [6.45, 7) is 1.22. The van der Waals surface area contributed by atoms with Gasteiger partial charge in [0.05, 0.1) is 24.8 Å². The van der Waals surface area contributed by atoms with Gasteiger partial charge in [0.1, 0.15) is 11.3 Å². The Morgan fingerprint density at radius 2 is 1.89 bits per heavy atom. The van der Waals surface area contributed by atoms with Crippen molar-refractivity contribution in [3.63, 3.8) is 0 Å². The molecule has 0 amide bonds. The monoisotopic (exact) mass is 375 g/mol. The second kappa shape index (κ2) is 9.59. The van der Waals surface area contributed by atoms with E-state index in [-0.39, 0.29) is 13.2 Å². The maximum Gasteiger partial charge on any atom is 0.343 e. The first-order valence-electron chi connectivity index (χ1n) is 8.23. The van der Waals surface area contributed by atoms with Gasteiger partial charge < -0.3 is 14.9 Å². The summed E-state index contributed by atoms with van der Waals surface area (Å²) in [4.78, 5) is 16.3. The predicted molar refractivity (Wildman–Crippen MR) is 97.3 cm³/mol. The molecule has 0 saturated carbocycles. The number of aliphatic hydroxyl groups is 2. The molecule has 7 heteroatoms. The van der Waals surface area contributed by atoms with Crippen LogP contribution in [0.2, 0.25) is 0 Å². The van der Waals surface area contributed by atoms with Crippen LogP contribution in [-0.2, 0) is 9.53 Å². The molecule has 0 bridgehead atoms. The average molecular weight is 375 g/mol. The highest BCUT2D eigenvalue weighted by atomic mass is 19.2. The third kappa shape index (κ3) is 4.98. The lowest BCUT2D eigenvalue weighted by molar-refractivity contribution is -0.137. The minimum absolute atomic E-state index is 0.0111. The highest BCUT2D eigenvalue weighted by Gasteiger charge is 2.21. The first kappa shape index (κ1) is 20.3. The number of esters is 1.